The molecular formula is C13H2F15N3O5. The van der Waals surface area contributed by atoms with Gasteiger partial charge < -0.3 is 9.47 Å². The molecule has 1 aromatic rings. The van der Waals surface area contributed by atoms with Crippen LogP contribution in [0.25, 0.3) is 0 Å². The van der Waals surface area contributed by atoms with Crippen molar-refractivity contribution < 1.29 is 89.7 Å². The Morgan fingerprint density at radius 2 is 0.889 bits per heavy atom. The number of carbonyl (C=O) groups excluding carboxylic acids is 3. The Hall–Kier alpha value is -3.56. The molecule has 8 nitrogen and oxygen atoms in total. The van der Waals surface area contributed by atoms with Gasteiger partial charge in [-0.1, -0.05) is 0 Å². The van der Waals surface area contributed by atoms with Crippen molar-refractivity contribution in [2.45, 2.75) is 36.3 Å². The van der Waals surface area contributed by atoms with Crippen LogP contribution < -0.4 is 14.8 Å². The molecule has 0 unspecified atom stereocenters. The number of hydrogen-bond acceptors (Lipinski definition) is 7. The Morgan fingerprint density at radius 3 is 1.17 bits per heavy atom. The summed E-state index contributed by atoms with van der Waals surface area (Å²) in [6, 6.07) is -0.522. The number of anilines is 1. The summed E-state index contributed by atoms with van der Waals surface area (Å²) in [7, 11) is 0. The molecule has 0 saturated heterocycles. The highest BCUT2D eigenvalue weighted by atomic mass is 19.4. The molecule has 1 aromatic heterocycles. The highest BCUT2D eigenvalue weighted by Gasteiger charge is 2.66. The molecule has 0 atom stereocenters. The van der Waals surface area contributed by atoms with Gasteiger partial charge in [0.25, 0.3) is 0 Å². The van der Waals surface area contributed by atoms with Gasteiger partial charge in [0, 0.05) is 0 Å². The molecule has 0 saturated carbocycles. The van der Waals surface area contributed by atoms with Crippen molar-refractivity contribution in [1.29, 1.82) is 0 Å². The van der Waals surface area contributed by atoms with Gasteiger partial charge >= 0.3 is 54.1 Å². The van der Waals surface area contributed by atoms with E-state index >= 15 is 0 Å². The minimum absolute atomic E-state index is 0.421. The second kappa shape index (κ2) is 9.15. The van der Waals surface area contributed by atoms with E-state index in [1.807, 2.05) is 0 Å². The molecule has 204 valence electrons. The van der Waals surface area contributed by atoms with E-state index in [0.717, 1.165) is 0 Å². The average molecular weight is 565 g/mol. The fourth-order valence-corrected chi connectivity index (χ4v) is 1.42. The van der Waals surface area contributed by atoms with Crippen LogP contribution in [0.3, 0.4) is 0 Å². The van der Waals surface area contributed by atoms with Gasteiger partial charge in [-0.2, -0.15) is 75.8 Å². The Balaban J connectivity index is 3.49. The van der Waals surface area contributed by atoms with Crippen LogP contribution in [-0.2, 0) is 14.4 Å². The average Bonchev–Trinajstić information content (AvgIpc) is 2.64. The van der Waals surface area contributed by atoms with Crippen molar-refractivity contribution >= 4 is 23.8 Å². The van der Waals surface area contributed by atoms with Gasteiger partial charge in [0.05, 0.1) is 6.07 Å². The third kappa shape index (κ3) is 6.16. The van der Waals surface area contributed by atoms with Crippen molar-refractivity contribution in [3.63, 3.8) is 0 Å². The summed E-state index contributed by atoms with van der Waals surface area (Å²) in [5, 5.41) is 0.421. The molecule has 0 aromatic carbocycles. The third-order valence-electron chi connectivity index (χ3n) is 3.16. The first-order chi connectivity index (χ1) is 15.7. The lowest BCUT2D eigenvalue weighted by atomic mass is 10.3. The van der Waals surface area contributed by atoms with E-state index < -0.39 is 77.9 Å². The maximum atomic E-state index is 13.0. The number of aromatic nitrogens is 2. The first-order valence-corrected chi connectivity index (χ1v) is 7.74. The summed E-state index contributed by atoms with van der Waals surface area (Å²) < 4.78 is 194. The number of carbonyl (C=O) groups is 3. The quantitative estimate of drug-likeness (QED) is 0.413. The van der Waals surface area contributed by atoms with E-state index in [4.69, 9.17) is 0 Å². The summed E-state index contributed by atoms with van der Waals surface area (Å²) in [5.41, 5.74) is 0. The minimum atomic E-state index is -6.67. The van der Waals surface area contributed by atoms with Crippen LogP contribution >= 0.6 is 0 Å². The summed E-state index contributed by atoms with van der Waals surface area (Å²) in [6.07, 6.45) is -20.0. The summed E-state index contributed by atoms with van der Waals surface area (Å²) in [5.74, 6) is -36.2. The predicted octanol–water partition coefficient (Wildman–Crippen LogP) is 3.82. The molecule has 1 heterocycles. The van der Waals surface area contributed by atoms with Crippen molar-refractivity contribution in [3.8, 4) is 11.8 Å². The zero-order valence-electron chi connectivity index (χ0n) is 15.7. The molecule has 36 heavy (non-hydrogen) atoms. The standard InChI is InChI=1S/C13H2F15N3O5/c14-8(15,11(20,21)22)4(32)31-7-29-2(35-5(33)9(16,17)12(23,24)25)1-3(30-7)36-6(34)10(18,19)13(26,27)28/h1H,(H,29,30,31,32). The molecule has 0 radical (unpaired) electrons. The number of rotatable bonds is 6. The first-order valence-electron chi connectivity index (χ1n) is 7.74. The highest BCUT2D eigenvalue weighted by Crippen LogP contribution is 2.39. The zero-order chi connectivity index (χ0) is 28.7. The minimum Gasteiger partial charge on any atom is -0.402 e. The van der Waals surface area contributed by atoms with Gasteiger partial charge in [0.1, 0.15) is 0 Å². The van der Waals surface area contributed by atoms with Crippen LogP contribution in [0.5, 0.6) is 11.8 Å². The van der Waals surface area contributed by atoms with Gasteiger partial charge in [-0.25, -0.2) is 9.59 Å². The monoisotopic (exact) mass is 565 g/mol. The zero-order valence-corrected chi connectivity index (χ0v) is 15.7. The van der Waals surface area contributed by atoms with Crippen LogP contribution in [0.4, 0.5) is 71.8 Å². The summed E-state index contributed by atoms with van der Waals surface area (Å²) in [4.78, 5) is 38.1. The molecule has 1 amide bonds. The van der Waals surface area contributed by atoms with E-state index in [0.29, 0.717) is 5.32 Å². The smallest absolute Gasteiger partial charge is 0.402 e. The lowest BCUT2D eigenvalue weighted by Gasteiger charge is -2.20. The number of alkyl halides is 15. The molecule has 0 spiro atoms. The lowest BCUT2D eigenvalue weighted by Crippen LogP contribution is -2.48. The first kappa shape index (κ1) is 30.5. The van der Waals surface area contributed by atoms with Gasteiger partial charge in [-0.05, 0) is 0 Å². The third-order valence-corrected chi connectivity index (χ3v) is 3.16. The lowest BCUT2D eigenvalue weighted by molar-refractivity contribution is -0.276. The van der Waals surface area contributed by atoms with Crippen LogP contribution in [-0.4, -0.2) is 64.1 Å². The van der Waals surface area contributed by atoms with E-state index in [9.17, 15) is 80.2 Å². The topological polar surface area (TPSA) is 107 Å². The van der Waals surface area contributed by atoms with Crippen molar-refractivity contribution in [2.75, 3.05) is 5.32 Å². The maximum absolute atomic E-state index is 13.0. The molecule has 0 bridgehead atoms. The van der Waals surface area contributed by atoms with E-state index in [2.05, 4.69) is 19.4 Å². The Morgan fingerprint density at radius 1 is 0.583 bits per heavy atom. The fourth-order valence-electron chi connectivity index (χ4n) is 1.42. The molecule has 1 rings (SSSR count). The number of halogens is 15. The largest absolute Gasteiger partial charge is 0.465 e. The van der Waals surface area contributed by atoms with Crippen LogP contribution in [0, 0.1) is 0 Å². The van der Waals surface area contributed by atoms with Gasteiger partial charge in [-0.3, -0.25) is 10.1 Å². The fraction of sp³-hybridized carbons (Fsp3) is 0.462. The number of amides is 1. The van der Waals surface area contributed by atoms with Crippen molar-refractivity contribution in [3.05, 3.63) is 6.07 Å². The normalized spacial score (nSPS) is 13.8. The summed E-state index contributed by atoms with van der Waals surface area (Å²) >= 11 is 0. The number of hydrogen-bond donors (Lipinski definition) is 1. The molecule has 0 aliphatic heterocycles. The molecule has 23 heteroatoms. The second-order valence-corrected chi connectivity index (χ2v) is 5.82. The number of nitrogens with one attached hydrogen (secondary N) is 1. The van der Waals surface area contributed by atoms with E-state index in [1.165, 1.54) is 0 Å². The number of esters is 2. The van der Waals surface area contributed by atoms with Gasteiger partial charge in [0.15, 0.2) is 0 Å². The maximum Gasteiger partial charge on any atom is 0.465 e. The van der Waals surface area contributed by atoms with Crippen molar-refractivity contribution in [1.82, 2.24) is 9.97 Å². The molecular weight excluding hydrogens is 563 g/mol. The summed E-state index contributed by atoms with van der Waals surface area (Å²) in [6.45, 7) is 0. The number of nitrogens with zero attached hydrogens (tertiary/aromatic N) is 2. The van der Waals surface area contributed by atoms with Gasteiger partial charge in [-0.15, -0.1) is 0 Å². The molecule has 0 fully saturated rings. The molecule has 0 aliphatic carbocycles. The molecule has 1 N–H and O–H groups in total. The van der Waals surface area contributed by atoms with Crippen LogP contribution in [0.2, 0.25) is 0 Å². The second-order valence-electron chi connectivity index (χ2n) is 5.82. The van der Waals surface area contributed by atoms with Crippen LogP contribution in [0.1, 0.15) is 0 Å². The Bertz CT molecular complexity index is 891. The number of ether oxygens (including phenoxy) is 2. The Labute approximate surface area is 184 Å². The van der Waals surface area contributed by atoms with Crippen molar-refractivity contribution in [2.24, 2.45) is 0 Å². The highest BCUT2D eigenvalue weighted by molar-refractivity contribution is 5.95. The van der Waals surface area contributed by atoms with Gasteiger partial charge in [0.2, 0.25) is 17.7 Å². The predicted molar refractivity (Wildman–Crippen MR) is 74.9 cm³/mol. The van der Waals surface area contributed by atoms with E-state index in [-0.39, 0.29) is 0 Å². The Kier molecular flexibility index (Phi) is 7.74. The molecule has 0 aliphatic rings. The van der Waals surface area contributed by atoms with Crippen LogP contribution in [0.15, 0.2) is 6.07 Å². The SMILES string of the molecule is O=C(Nc1nc(OC(=O)C(F)(F)C(F)(F)F)cc(OC(=O)C(F)(F)C(F)(F)F)n1)C(F)(F)C(F)(F)F. The van der Waals surface area contributed by atoms with E-state index in [1.54, 1.807) is 0 Å².